The third kappa shape index (κ3) is 6.68. The van der Waals surface area contributed by atoms with Gasteiger partial charge in [0.25, 0.3) is 5.91 Å². The van der Waals surface area contributed by atoms with Crippen LogP contribution >= 0.6 is 11.3 Å². The molecule has 0 saturated heterocycles. The van der Waals surface area contributed by atoms with E-state index >= 15 is 0 Å². The van der Waals surface area contributed by atoms with Crippen LogP contribution in [0.4, 0.5) is 0 Å². The lowest BCUT2D eigenvalue weighted by molar-refractivity contribution is 0.0688. The zero-order chi connectivity index (χ0) is 14.6. The van der Waals surface area contributed by atoms with Crippen LogP contribution in [0.25, 0.3) is 0 Å². The van der Waals surface area contributed by atoms with Gasteiger partial charge >= 0.3 is 0 Å². The number of thiophene rings is 1. The summed E-state index contributed by atoms with van der Waals surface area (Å²) in [7, 11) is 1.63. The number of ether oxygens (including phenoxy) is 2. The van der Waals surface area contributed by atoms with Gasteiger partial charge < -0.3 is 19.9 Å². The second-order valence-electron chi connectivity index (χ2n) is 3.84. The standard InChI is InChI=1S/C14H19NO4S/c1-18-10-11-19-9-3-7-15-14(17)13-6-5-12(20-13)4-2-8-16/h5-6,16H,3,7-11H2,1H3,(H,15,17). The van der Waals surface area contributed by atoms with E-state index in [0.717, 1.165) is 11.3 Å². The van der Waals surface area contributed by atoms with Crippen molar-refractivity contribution in [3.05, 3.63) is 21.9 Å². The summed E-state index contributed by atoms with van der Waals surface area (Å²) >= 11 is 1.31. The zero-order valence-corrected chi connectivity index (χ0v) is 12.3. The monoisotopic (exact) mass is 297 g/mol. The van der Waals surface area contributed by atoms with E-state index in [1.807, 2.05) is 0 Å². The van der Waals surface area contributed by atoms with Crippen LogP contribution in [0.3, 0.4) is 0 Å². The van der Waals surface area contributed by atoms with Gasteiger partial charge in [0.2, 0.25) is 0 Å². The van der Waals surface area contributed by atoms with Crippen LogP contribution in [0, 0.1) is 11.8 Å². The lowest BCUT2D eigenvalue weighted by atomic mass is 10.4. The molecule has 1 amide bonds. The van der Waals surface area contributed by atoms with Gasteiger partial charge in [0, 0.05) is 20.3 Å². The van der Waals surface area contributed by atoms with Crippen LogP contribution in [-0.4, -0.2) is 51.1 Å². The molecule has 0 atom stereocenters. The maximum atomic E-state index is 11.8. The predicted octanol–water partition coefficient (Wildman–Crippen LogP) is 0.875. The average molecular weight is 297 g/mol. The van der Waals surface area contributed by atoms with Gasteiger partial charge in [-0.05, 0) is 18.6 Å². The van der Waals surface area contributed by atoms with Crippen LogP contribution in [0.15, 0.2) is 12.1 Å². The fourth-order valence-electron chi connectivity index (χ4n) is 1.36. The molecule has 0 aliphatic heterocycles. The van der Waals surface area contributed by atoms with E-state index in [9.17, 15) is 4.79 Å². The highest BCUT2D eigenvalue weighted by molar-refractivity contribution is 7.14. The fourth-order valence-corrected chi connectivity index (χ4v) is 2.16. The van der Waals surface area contributed by atoms with Gasteiger partial charge in [0.05, 0.1) is 23.0 Å². The largest absolute Gasteiger partial charge is 0.384 e. The van der Waals surface area contributed by atoms with E-state index in [4.69, 9.17) is 14.6 Å². The Bertz CT molecular complexity index is 461. The number of methoxy groups -OCH3 is 1. The van der Waals surface area contributed by atoms with Gasteiger partial charge in [-0.1, -0.05) is 11.8 Å². The Morgan fingerprint density at radius 2 is 2.25 bits per heavy atom. The summed E-state index contributed by atoms with van der Waals surface area (Å²) in [5.41, 5.74) is 0. The topological polar surface area (TPSA) is 67.8 Å². The minimum absolute atomic E-state index is 0.107. The third-order valence-corrected chi connectivity index (χ3v) is 3.30. The van der Waals surface area contributed by atoms with E-state index in [1.54, 1.807) is 19.2 Å². The average Bonchev–Trinajstić information content (AvgIpc) is 2.93. The summed E-state index contributed by atoms with van der Waals surface area (Å²) in [6.07, 6.45) is 0.762. The summed E-state index contributed by atoms with van der Waals surface area (Å²) in [6, 6.07) is 3.51. The first kappa shape index (κ1) is 16.7. The molecule has 2 N–H and O–H groups in total. The molecule has 1 heterocycles. The van der Waals surface area contributed by atoms with Crippen molar-refractivity contribution in [1.82, 2.24) is 5.32 Å². The van der Waals surface area contributed by atoms with Crippen molar-refractivity contribution in [3.63, 3.8) is 0 Å². The molecule has 0 spiro atoms. The van der Waals surface area contributed by atoms with E-state index < -0.39 is 0 Å². The third-order valence-electron chi connectivity index (χ3n) is 2.30. The van der Waals surface area contributed by atoms with Crippen LogP contribution in [0.1, 0.15) is 21.0 Å². The van der Waals surface area contributed by atoms with Crippen molar-refractivity contribution in [2.24, 2.45) is 0 Å². The molecule has 1 rings (SSSR count). The minimum Gasteiger partial charge on any atom is -0.384 e. The Hall–Kier alpha value is -1.39. The van der Waals surface area contributed by atoms with E-state index in [2.05, 4.69) is 17.2 Å². The predicted molar refractivity (Wildman–Crippen MR) is 77.9 cm³/mol. The molecule has 0 aromatic carbocycles. The molecule has 6 heteroatoms. The van der Waals surface area contributed by atoms with Gasteiger partial charge in [-0.25, -0.2) is 0 Å². The quantitative estimate of drug-likeness (QED) is 0.552. The second-order valence-corrected chi connectivity index (χ2v) is 4.92. The Morgan fingerprint density at radius 1 is 1.40 bits per heavy atom. The maximum Gasteiger partial charge on any atom is 0.261 e. The number of nitrogens with one attached hydrogen (secondary N) is 1. The number of amides is 1. The molecule has 1 aromatic rings. The highest BCUT2D eigenvalue weighted by Gasteiger charge is 2.07. The number of carbonyl (C=O) groups is 1. The van der Waals surface area contributed by atoms with Gasteiger partial charge in [-0.2, -0.15) is 0 Å². The molecule has 0 bridgehead atoms. The molecule has 0 aliphatic rings. The lowest BCUT2D eigenvalue weighted by Crippen LogP contribution is -2.24. The molecular formula is C14H19NO4S. The highest BCUT2D eigenvalue weighted by Crippen LogP contribution is 2.14. The van der Waals surface area contributed by atoms with Crippen molar-refractivity contribution < 1.29 is 19.4 Å². The molecular weight excluding hydrogens is 278 g/mol. The van der Waals surface area contributed by atoms with Crippen LogP contribution in [0.2, 0.25) is 0 Å². The number of carbonyl (C=O) groups excluding carboxylic acids is 1. The number of aliphatic hydroxyl groups excluding tert-OH is 1. The Morgan fingerprint density at radius 3 is 3.00 bits per heavy atom. The van der Waals surface area contributed by atoms with Gasteiger partial charge in [0.1, 0.15) is 6.61 Å². The maximum absolute atomic E-state index is 11.8. The molecule has 110 valence electrons. The van der Waals surface area contributed by atoms with Crippen molar-refractivity contribution in [3.8, 4) is 11.8 Å². The SMILES string of the molecule is COCCOCCCNC(=O)c1ccc(C#CCO)s1. The highest BCUT2D eigenvalue weighted by atomic mass is 32.1. The molecule has 0 radical (unpaired) electrons. The van der Waals surface area contributed by atoms with Crippen LogP contribution in [0.5, 0.6) is 0 Å². The number of hydrogen-bond acceptors (Lipinski definition) is 5. The summed E-state index contributed by atoms with van der Waals surface area (Å²) < 4.78 is 10.1. The van der Waals surface area contributed by atoms with Gasteiger partial charge in [-0.15, -0.1) is 11.3 Å². The van der Waals surface area contributed by atoms with E-state index in [0.29, 0.717) is 31.2 Å². The number of aliphatic hydroxyl groups is 1. The molecule has 0 fully saturated rings. The van der Waals surface area contributed by atoms with E-state index in [1.165, 1.54) is 11.3 Å². The molecule has 0 aliphatic carbocycles. The molecule has 0 saturated carbocycles. The van der Waals surface area contributed by atoms with Crippen LogP contribution in [-0.2, 0) is 9.47 Å². The zero-order valence-electron chi connectivity index (χ0n) is 11.5. The normalized spacial score (nSPS) is 9.90. The molecule has 5 nitrogen and oxygen atoms in total. The summed E-state index contributed by atoms with van der Waals surface area (Å²) in [5, 5.41) is 11.4. The molecule has 1 aromatic heterocycles. The van der Waals surface area contributed by atoms with Crippen molar-refractivity contribution in [2.45, 2.75) is 6.42 Å². The molecule has 20 heavy (non-hydrogen) atoms. The van der Waals surface area contributed by atoms with E-state index in [-0.39, 0.29) is 12.5 Å². The number of rotatable bonds is 8. The molecule has 0 unspecified atom stereocenters. The van der Waals surface area contributed by atoms with Gasteiger partial charge in [0.15, 0.2) is 0 Å². The Balaban J connectivity index is 2.20. The summed E-state index contributed by atoms with van der Waals surface area (Å²) in [4.78, 5) is 13.2. The van der Waals surface area contributed by atoms with Crippen molar-refractivity contribution in [2.75, 3.05) is 40.1 Å². The van der Waals surface area contributed by atoms with Crippen LogP contribution < -0.4 is 5.32 Å². The second kappa shape index (κ2) is 10.4. The first-order valence-corrected chi connectivity index (χ1v) is 7.14. The minimum atomic E-state index is -0.178. The number of hydrogen-bond donors (Lipinski definition) is 2. The van der Waals surface area contributed by atoms with Crippen molar-refractivity contribution >= 4 is 17.2 Å². The first-order chi connectivity index (χ1) is 9.77. The first-order valence-electron chi connectivity index (χ1n) is 6.32. The Labute approximate surface area is 122 Å². The summed E-state index contributed by atoms with van der Waals surface area (Å²) in [5.74, 6) is 5.22. The van der Waals surface area contributed by atoms with Crippen molar-refractivity contribution in [1.29, 1.82) is 0 Å². The lowest BCUT2D eigenvalue weighted by Gasteiger charge is -2.04. The Kier molecular flexibility index (Phi) is 8.67. The van der Waals surface area contributed by atoms with Gasteiger partial charge in [-0.3, -0.25) is 4.79 Å². The fraction of sp³-hybridized carbons (Fsp3) is 0.500. The smallest absolute Gasteiger partial charge is 0.261 e. The summed E-state index contributed by atoms with van der Waals surface area (Å²) in [6.45, 7) is 2.15.